The predicted molar refractivity (Wildman–Crippen MR) is 111 cm³/mol. The molecular weight excluding hydrogens is 372 g/mol. The van der Waals surface area contributed by atoms with E-state index in [0.29, 0.717) is 35.0 Å². The van der Waals surface area contributed by atoms with Crippen LogP contribution in [0.2, 0.25) is 0 Å². The minimum absolute atomic E-state index is 0.00992. The van der Waals surface area contributed by atoms with E-state index in [1.807, 2.05) is 26.1 Å². The molecule has 0 aromatic heterocycles. The molecule has 0 saturated carbocycles. The summed E-state index contributed by atoms with van der Waals surface area (Å²) in [6.45, 7) is 3.93. The van der Waals surface area contributed by atoms with Gasteiger partial charge in [0.25, 0.3) is 5.91 Å². The molecule has 2 rings (SSSR count). The Labute approximate surface area is 171 Å². The maximum Gasteiger partial charge on any atom is 0.282 e. The van der Waals surface area contributed by atoms with Gasteiger partial charge in [-0.3, -0.25) is 9.59 Å². The first-order valence-corrected chi connectivity index (χ1v) is 9.34. The SMILES string of the molecule is COc1ccc(C[NH+](C)[C@@H](C)C(=O)Nc2ccc(C(C)=O)cc2)c(OC)c1OC. The number of benzene rings is 2. The Morgan fingerprint density at radius 3 is 2.10 bits per heavy atom. The number of anilines is 1. The summed E-state index contributed by atoms with van der Waals surface area (Å²) in [5.41, 5.74) is 2.18. The number of methoxy groups -OCH3 is 3. The number of ketones is 1. The maximum absolute atomic E-state index is 12.7. The highest BCUT2D eigenvalue weighted by molar-refractivity contribution is 5.96. The summed E-state index contributed by atoms with van der Waals surface area (Å²) in [5.74, 6) is 1.59. The van der Waals surface area contributed by atoms with Crippen molar-refractivity contribution in [2.75, 3.05) is 33.7 Å². The smallest absolute Gasteiger partial charge is 0.282 e. The van der Waals surface area contributed by atoms with Crippen molar-refractivity contribution in [1.29, 1.82) is 0 Å². The number of carbonyl (C=O) groups excluding carboxylic acids is 2. The first kappa shape index (κ1) is 22.2. The van der Waals surface area contributed by atoms with Crippen molar-refractivity contribution in [2.24, 2.45) is 0 Å². The van der Waals surface area contributed by atoms with Gasteiger partial charge in [-0.15, -0.1) is 0 Å². The number of rotatable bonds is 9. The second-order valence-electron chi connectivity index (χ2n) is 6.86. The highest BCUT2D eigenvalue weighted by atomic mass is 16.5. The number of carbonyl (C=O) groups is 2. The molecule has 156 valence electrons. The molecule has 0 aliphatic heterocycles. The molecule has 7 heteroatoms. The lowest BCUT2D eigenvalue weighted by Gasteiger charge is -2.23. The van der Waals surface area contributed by atoms with Gasteiger partial charge in [0.2, 0.25) is 5.75 Å². The van der Waals surface area contributed by atoms with E-state index in [-0.39, 0.29) is 17.7 Å². The minimum Gasteiger partial charge on any atom is -0.493 e. The molecule has 2 aromatic carbocycles. The topological polar surface area (TPSA) is 78.3 Å². The highest BCUT2D eigenvalue weighted by Gasteiger charge is 2.25. The third-order valence-electron chi connectivity index (χ3n) is 4.95. The molecule has 0 aliphatic rings. The lowest BCUT2D eigenvalue weighted by molar-refractivity contribution is -0.907. The fourth-order valence-corrected chi connectivity index (χ4v) is 3.02. The molecule has 2 aromatic rings. The second kappa shape index (κ2) is 9.93. The summed E-state index contributed by atoms with van der Waals surface area (Å²) in [5, 5.41) is 2.90. The molecule has 1 unspecified atom stereocenters. The predicted octanol–water partition coefficient (Wildman–Crippen LogP) is 1.96. The second-order valence-corrected chi connectivity index (χ2v) is 6.86. The summed E-state index contributed by atoms with van der Waals surface area (Å²) in [6.07, 6.45) is 0. The van der Waals surface area contributed by atoms with Crippen molar-refractivity contribution in [1.82, 2.24) is 0 Å². The fourth-order valence-electron chi connectivity index (χ4n) is 3.02. The van der Waals surface area contributed by atoms with Crippen LogP contribution < -0.4 is 24.4 Å². The van der Waals surface area contributed by atoms with Gasteiger partial charge in [0.15, 0.2) is 23.3 Å². The van der Waals surface area contributed by atoms with Crippen LogP contribution in [0.15, 0.2) is 36.4 Å². The Kier molecular flexibility index (Phi) is 7.61. The van der Waals surface area contributed by atoms with Crippen molar-refractivity contribution < 1.29 is 28.7 Å². The highest BCUT2D eigenvalue weighted by Crippen LogP contribution is 2.39. The third-order valence-corrected chi connectivity index (χ3v) is 4.95. The number of amides is 1. The van der Waals surface area contributed by atoms with Gasteiger partial charge >= 0.3 is 0 Å². The van der Waals surface area contributed by atoms with Crippen molar-refractivity contribution in [3.63, 3.8) is 0 Å². The summed E-state index contributed by atoms with van der Waals surface area (Å²) in [4.78, 5) is 25.0. The molecule has 1 amide bonds. The Morgan fingerprint density at radius 1 is 0.966 bits per heavy atom. The zero-order valence-electron chi connectivity index (χ0n) is 17.8. The molecule has 0 saturated heterocycles. The van der Waals surface area contributed by atoms with Crippen LogP contribution in [0, 0.1) is 0 Å². The lowest BCUT2D eigenvalue weighted by atomic mass is 10.1. The van der Waals surface area contributed by atoms with Crippen molar-refractivity contribution in [3.05, 3.63) is 47.5 Å². The fraction of sp³-hybridized carbons (Fsp3) is 0.364. The molecular formula is C22H29N2O5+. The zero-order chi connectivity index (χ0) is 21.6. The first-order valence-electron chi connectivity index (χ1n) is 9.34. The average Bonchev–Trinajstić information content (AvgIpc) is 2.72. The van der Waals surface area contributed by atoms with Gasteiger partial charge in [0.05, 0.1) is 33.9 Å². The van der Waals surface area contributed by atoms with E-state index in [4.69, 9.17) is 14.2 Å². The van der Waals surface area contributed by atoms with E-state index >= 15 is 0 Å². The van der Waals surface area contributed by atoms with Crippen LogP contribution >= 0.6 is 0 Å². The van der Waals surface area contributed by atoms with Crippen molar-refractivity contribution in [3.8, 4) is 17.2 Å². The Hall–Kier alpha value is -3.06. The number of hydrogen-bond donors (Lipinski definition) is 2. The number of ether oxygens (including phenoxy) is 3. The number of hydrogen-bond acceptors (Lipinski definition) is 5. The molecule has 7 nitrogen and oxygen atoms in total. The number of Topliss-reactive ketones (excluding diaryl/α,β-unsaturated/α-hetero) is 1. The van der Waals surface area contributed by atoms with Gasteiger partial charge in [-0.2, -0.15) is 0 Å². The van der Waals surface area contributed by atoms with Crippen LogP contribution in [0.4, 0.5) is 5.69 Å². The summed E-state index contributed by atoms with van der Waals surface area (Å²) in [6, 6.07) is 10.3. The van der Waals surface area contributed by atoms with Crippen molar-refractivity contribution >= 4 is 17.4 Å². The van der Waals surface area contributed by atoms with Crippen LogP contribution in [-0.2, 0) is 11.3 Å². The van der Waals surface area contributed by atoms with Crippen LogP contribution in [0.1, 0.15) is 29.8 Å². The third kappa shape index (κ3) is 5.26. The summed E-state index contributed by atoms with van der Waals surface area (Å²) < 4.78 is 16.3. The van der Waals surface area contributed by atoms with Gasteiger partial charge in [-0.1, -0.05) is 0 Å². The van der Waals surface area contributed by atoms with E-state index in [1.165, 1.54) is 6.92 Å². The van der Waals surface area contributed by atoms with E-state index in [9.17, 15) is 9.59 Å². The molecule has 0 radical (unpaired) electrons. The van der Waals surface area contributed by atoms with Crippen molar-refractivity contribution in [2.45, 2.75) is 26.4 Å². The quantitative estimate of drug-likeness (QED) is 0.628. The normalized spacial score (nSPS) is 12.6. The molecule has 0 aliphatic carbocycles. The van der Waals surface area contributed by atoms with Crippen LogP contribution in [0.5, 0.6) is 17.2 Å². The average molecular weight is 401 g/mol. The van der Waals surface area contributed by atoms with E-state index in [2.05, 4.69) is 5.32 Å². The molecule has 0 spiro atoms. The maximum atomic E-state index is 12.7. The molecule has 29 heavy (non-hydrogen) atoms. The Morgan fingerprint density at radius 2 is 1.59 bits per heavy atom. The zero-order valence-corrected chi connectivity index (χ0v) is 17.8. The molecule has 0 bridgehead atoms. The van der Waals surface area contributed by atoms with E-state index in [0.717, 1.165) is 10.5 Å². The Balaban J connectivity index is 2.10. The van der Waals surface area contributed by atoms with Gasteiger partial charge in [0.1, 0.15) is 6.54 Å². The number of likely N-dealkylation sites (N-methyl/N-ethyl adjacent to an activating group) is 1. The van der Waals surface area contributed by atoms with Gasteiger partial charge in [0, 0.05) is 11.3 Å². The molecule has 0 fully saturated rings. The number of nitrogens with one attached hydrogen (secondary N) is 2. The monoisotopic (exact) mass is 401 g/mol. The van der Waals surface area contributed by atoms with E-state index in [1.54, 1.807) is 45.6 Å². The summed E-state index contributed by atoms with van der Waals surface area (Å²) >= 11 is 0. The molecule has 0 heterocycles. The van der Waals surface area contributed by atoms with Gasteiger partial charge in [-0.05, 0) is 50.2 Å². The number of quaternary nitrogens is 1. The largest absolute Gasteiger partial charge is 0.493 e. The standard InChI is InChI=1S/C22H28N2O5/c1-14(22(26)23-18-10-7-16(8-11-18)15(2)25)24(3)13-17-9-12-19(27-4)21(29-6)20(17)28-5/h7-12,14H,13H2,1-6H3,(H,23,26)/p+1/t14-/m0/s1. The van der Waals surface area contributed by atoms with Crippen LogP contribution in [-0.4, -0.2) is 46.1 Å². The summed E-state index contributed by atoms with van der Waals surface area (Å²) in [7, 11) is 6.66. The van der Waals surface area contributed by atoms with Crippen LogP contribution in [0.3, 0.4) is 0 Å². The first-order chi connectivity index (χ1) is 13.8. The van der Waals surface area contributed by atoms with Crippen LogP contribution in [0.25, 0.3) is 0 Å². The van der Waals surface area contributed by atoms with E-state index < -0.39 is 0 Å². The molecule has 2 N–H and O–H groups in total. The molecule has 2 atom stereocenters. The van der Waals surface area contributed by atoms with Gasteiger partial charge in [-0.25, -0.2) is 0 Å². The Bertz CT molecular complexity index is 864. The van der Waals surface area contributed by atoms with Gasteiger partial charge < -0.3 is 24.4 Å². The lowest BCUT2D eigenvalue weighted by Crippen LogP contribution is -3.12. The minimum atomic E-state index is -0.319.